The van der Waals surface area contributed by atoms with Crippen LogP contribution < -0.4 is 5.32 Å². The van der Waals surface area contributed by atoms with E-state index in [0.717, 1.165) is 19.5 Å². The number of aliphatic hydroxyl groups is 1. The van der Waals surface area contributed by atoms with Crippen molar-refractivity contribution in [3.8, 4) is 0 Å². The monoisotopic (exact) mass is 200 g/mol. The molecule has 5 nitrogen and oxygen atoms in total. The Bertz CT molecular complexity index is 214. The number of likely N-dealkylation sites (tertiary alicyclic amines) is 1. The summed E-state index contributed by atoms with van der Waals surface area (Å²) in [4.78, 5) is 23.3. The van der Waals surface area contributed by atoms with Crippen LogP contribution in [0.25, 0.3) is 0 Å². The van der Waals surface area contributed by atoms with E-state index in [9.17, 15) is 9.59 Å². The first kappa shape index (κ1) is 11.0. The molecule has 80 valence electrons. The summed E-state index contributed by atoms with van der Waals surface area (Å²) in [5.74, 6) is 0.388. The largest absolute Gasteiger partial charge is 0.394 e. The van der Waals surface area contributed by atoms with Gasteiger partial charge < -0.3 is 15.3 Å². The van der Waals surface area contributed by atoms with Crippen molar-refractivity contribution in [2.45, 2.75) is 19.4 Å². The fraction of sp³-hybridized carbons (Fsp3) is 0.778. The zero-order valence-corrected chi connectivity index (χ0v) is 8.27. The Labute approximate surface area is 83.1 Å². The summed E-state index contributed by atoms with van der Waals surface area (Å²) in [6, 6.07) is -0.773. The molecular formula is C9H16N2O3. The second-order valence-corrected chi connectivity index (χ2v) is 3.54. The van der Waals surface area contributed by atoms with Crippen molar-refractivity contribution in [3.63, 3.8) is 0 Å². The van der Waals surface area contributed by atoms with E-state index in [1.807, 2.05) is 0 Å². The molecule has 0 bridgehead atoms. The van der Waals surface area contributed by atoms with Crippen LogP contribution in [-0.4, -0.2) is 48.1 Å². The smallest absolute Gasteiger partial charge is 0.247 e. The number of rotatable bonds is 5. The third-order valence-corrected chi connectivity index (χ3v) is 2.60. The van der Waals surface area contributed by atoms with Crippen molar-refractivity contribution in [1.29, 1.82) is 0 Å². The van der Waals surface area contributed by atoms with Crippen LogP contribution in [0.2, 0.25) is 0 Å². The van der Waals surface area contributed by atoms with Crippen LogP contribution in [0.15, 0.2) is 0 Å². The quantitative estimate of drug-likeness (QED) is 0.557. The third kappa shape index (κ3) is 2.23. The van der Waals surface area contributed by atoms with Crippen LogP contribution in [0.3, 0.4) is 0 Å². The molecule has 1 aliphatic rings. The molecule has 2 amide bonds. The van der Waals surface area contributed by atoms with Gasteiger partial charge in [-0.3, -0.25) is 9.59 Å². The van der Waals surface area contributed by atoms with Gasteiger partial charge >= 0.3 is 0 Å². The normalized spacial score (nSPS) is 18.6. The molecule has 1 atom stereocenters. The minimum absolute atomic E-state index is 0.190. The highest BCUT2D eigenvalue weighted by molar-refractivity contribution is 5.84. The first-order chi connectivity index (χ1) is 6.72. The molecule has 1 fully saturated rings. The van der Waals surface area contributed by atoms with E-state index in [1.54, 1.807) is 4.90 Å². The Hall–Kier alpha value is -1.10. The van der Waals surface area contributed by atoms with Crippen molar-refractivity contribution in [2.75, 3.05) is 19.7 Å². The van der Waals surface area contributed by atoms with E-state index >= 15 is 0 Å². The number of hydrogen-bond donors (Lipinski definition) is 2. The molecule has 0 spiro atoms. The van der Waals surface area contributed by atoms with Gasteiger partial charge in [-0.2, -0.15) is 0 Å². The molecule has 5 heteroatoms. The lowest BCUT2D eigenvalue weighted by molar-refractivity contribution is -0.141. The SMILES string of the molecule is CCC1CN(C(=O)C(CO)NC=O)C1. The topological polar surface area (TPSA) is 69.6 Å². The summed E-state index contributed by atoms with van der Waals surface area (Å²) < 4.78 is 0. The van der Waals surface area contributed by atoms with Crippen LogP contribution in [0.1, 0.15) is 13.3 Å². The van der Waals surface area contributed by atoms with Gasteiger partial charge in [-0.1, -0.05) is 6.92 Å². The predicted molar refractivity (Wildman–Crippen MR) is 50.4 cm³/mol. The summed E-state index contributed by atoms with van der Waals surface area (Å²) in [6.07, 6.45) is 1.50. The fourth-order valence-corrected chi connectivity index (χ4v) is 1.51. The summed E-state index contributed by atoms with van der Waals surface area (Å²) in [5.41, 5.74) is 0. The van der Waals surface area contributed by atoms with Gasteiger partial charge in [-0.25, -0.2) is 0 Å². The van der Waals surface area contributed by atoms with E-state index < -0.39 is 6.04 Å². The van der Waals surface area contributed by atoms with Gasteiger partial charge in [0.1, 0.15) is 6.04 Å². The Balaban J connectivity index is 2.37. The first-order valence-electron chi connectivity index (χ1n) is 4.82. The van der Waals surface area contributed by atoms with Gasteiger partial charge in [0.15, 0.2) is 0 Å². The zero-order chi connectivity index (χ0) is 10.6. The molecule has 1 heterocycles. The summed E-state index contributed by atoms with van der Waals surface area (Å²) in [7, 11) is 0. The molecular weight excluding hydrogens is 184 g/mol. The van der Waals surface area contributed by atoms with E-state index in [0.29, 0.717) is 12.3 Å². The fourth-order valence-electron chi connectivity index (χ4n) is 1.51. The van der Waals surface area contributed by atoms with Gasteiger partial charge in [0.2, 0.25) is 12.3 Å². The van der Waals surface area contributed by atoms with E-state index in [1.165, 1.54) is 0 Å². The molecule has 1 unspecified atom stereocenters. The second kappa shape index (κ2) is 4.95. The standard InChI is InChI=1S/C9H16N2O3/c1-2-7-3-11(4-7)9(14)8(5-12)10-6-13/h6-8,12H,2-5H2,1H3,(H,10,13). The zero-order valence-electron chi connectivity index (χ0n) is 8.27. The van der Waals surface area contributed by atoms with Gasteiger partial charge in [0.05, 0.1) is 6.61 Å². The van der Waals surface area contributed by atoms with Crippen molar-refractivity contribution in [2.24, 2.45) is 5.92 Å². The van der Waals surface area contributed by atoms with Gasteiger partial charge in [-0.05, 0) is 12.3 Å². The first-order valence-corrected chi connectivity index (χ1v) is 4.82. The van der Waals surface area contributed by atoms with Crippen molar-refractivity contribution < 1.29 is 14.7 Å². The molecule has 1 rings (SSSR count). The Morgan fingerprint density at radius 1 is 1.71 bits per heavy atom. The average molecular weight is 200 g/mol. The second-order valence-electron chi connectivity index (χ2n) is 3.54. The maximum atomic E-state index is 11.6. The highest BCUT2D eigenvalue weighted by Gasteiger charge is 2.32. The van der Waals surface area contributed by atoms with E-state index in [2.05, 4.69) is 12.2 Å². The lowest BCUT2D eigenvalue weighted by atomic mass is 9.96. The number of carbonyl (C=O) groups is 2. The number of amides is 2. The molecule has 0 aromatic carbocycles. The summed E-state index contributed by atoms with van der Waals surface area (Å²) in [5, 5.41) is 11.1. The molecule has 1 saturated heterocycles. The molecule has 14 heavy (non-hydrogen) atoms. The molecule has 0 radical (unpaired) electrons. The number of nitrogens with zero attached hydrogens (tertiary/aromatic N) is 1. The van der Waals surface area contributed by atoms with Crippen LogP contribution in [0.5, 0.6) is 0 Å². The third-order valence-electron chi connectivity index (χ3n) is 2.60. The number of aliphatic hydroxyl groups excluding tert-OH is 1. The van der Waals surface area contributed by atoms with E-state index in [4.69, 9.17) is 5.11 Å². The van der Waals surface area contributed by atoms with Gasteiger partial charge in [0.25, 0.3) is 0 Å². The predicted octanol–water partition coefficient (Wildman–Crippen LogP) is -1.04. The van der Waals surface area contributed by atoms with Crippen molar-refractivity contribution in [3.05, 3.63) is 0 Å². The Kier molecular flexibility index (Phi) is 3.88. The number of carbonyl (C=O) groups excluding carboxylic acids is 2. The van der Waals surface area contributed by atoms with E-state index in [-0.39, 0.29) is 12.5 Å². The molecule has 1 aliphatic heterocycles. The van der Waals surface area contributed by atoms with Crippen LogP contribution >= 0.6 is 0 Å². The minimum atomic E-state index is -0.773. The molecule has 2 N–H and O–H groups in total. The molecule has 0 aromatic rings. The van der Waals surface area contributed by atoms with Crippen molar-refractivity contribution >= 4 is 12.3 Å². The lowest BCUT2D eigenvalue weighted by Crippen LogP contribution is -2.56. The Morgan fingerprint density at radius 2 is 2.36 bits per heavy atom. The molecule has 0 saturated carbocycles. The Morgan fingerprint density at radius 3 is 2.79 bits per heavy atom. The average Bonchev–Trinajstić information content (AvgIpc) is 2.12. The summed E-state index contributed by atoms with van der Waals surface area (Å²) >= 11 is 0. The number of hydrogen-bond acceptors (Lipinski definition) is 3. The van der Waals surface area contributed by atoms with Gasteiger partial charge in [0, 0.05) is 13.1 Å². The maximum absolute atomic E-state index is 11.6. The molecule has 0 aromatic heterocycles. The van der Waals surface area contributed by atoms with Crippen molar-refractivity contribution in [1.82, 2.24) is 10.2 Å². The highest BCUT2D eigenvalue weighted by atomic mass is 16.3. The van der Waals surface area contributed by atoms with Crippen LogP contribution in [-0.2, 0) is 9.59 Å². The summed E-state index contributed by atoms with van der Waals surface area (Å²) in [6.45, 7) is 3.23. The number of nitrogens with one attached hydrogen (secondary N) is 1. The van der Waals surface area contributed by atoms with Crippen LogP contribution in [0, 0.1) is 5.92 Å². The highest BCUT2D eigenvalue weighted by Crippen LogP contribution is 2.18. The van der Waals surface area contributed by atoms with Crippen LogP contribution in [0.4, 0.5) is 0 Å². The van der Waals surface area contributed by atoms with Gasteiger partial charge in [-0.15, -0.1) is 0 Å². The minimum Gasteiger partial charge on any atom is -0.394 e. The molecule has 0 aliphatic carbocycles. The maximum Gasteiger partial charge on any atom is 0.247 e. The lowest BCUT2D eigenvalue weighted by Gasteiger charge is -2.40.